The van der Waals surface area contributed by atoms with E-state index in [1.54, 1.807) is 0 Å². The minimum absolute atomic E-state index is 0.649. The molecule has 1 unspecified atom stereocenters. The van der Waals surface area contributed by atoms with Gasteiger partial charge in [0.05, 0.1) is 0 Å². The molecule has 0 rings (SSSR count). The summed E-state index contributed by atoms with van der Waals surface area (Å²) in [5.74, 6) is 0. The first kappa shape index (κ1) is 11.9. The van der Waals surface area contributed by atoms with Crippen LogP contribution in [-0.2, 0) is 0 Å². The van der Waals surface area contributed by atoms with Gasteiger partial charge in [-0.15, -0.1) is 0 Å². The van der Waals surface area contributed by atoms with Crippen LogP contribution in [0.3, 0.4) is 0 Å². The number of hydrogen-bond acceptors (Lipinski definition) is 2. The molecule has 12 heavy (non-hydrogen) atoms. The standard InChI is InChI=1S/C10H24N2/c1-6-11-10(4)7-8-12(5)9(2)3/h9-11H,6-8H2,1-5H3. The first-order chi connectivity index (χ1) is 5.57. The normalized spacial score (nSPS) is 14.2. The SMILES string of the molecule is CCNC(C)CCN(C)C(C)C. The molecule has 0 aliphatic rings. The molecule has 0 bridgehead atoms. The Morgan fingerprint density at radius 2 is 1.83 bits per heavy atom. The summed E-state index contributed by atoms with van der Waals surface area (Å²) >= 11 is 0. The molecule has 0 spiro atoms. The quantitative estimate of drug-likeness (QED) is 0.656. The van der Waals surface area contributed by atoms with Gasteiger partial charge in [-0.05, 0) is 47.3 Å². The summed E-state index contributed by atoms with van der Waals surface area (Å²) in [6.45, 7) is 11.1. The van der Waals surface area contributed by atoms with Crippen LogP contribution in [0.5, 0.6) is 0 Å². The van der Waals surface area contributed by atoms with Crippen LogP contribution in [0.15, 0.2) is 0 Å². The second-order valence-electron chi connectivity index (χ2n) is 3.82. The zero-order valence-electron chi connectivity index (χ0n) is 9.22. The van der Waals surface area contributed by atoms with Crippen molar-refractivity contribution < 1.29 is 0 Å². The predicted molar refractivity (Wildman–Crippen MR) is 55.5 cm³/mol. The smallest absolute Gasteiger partial charge is 0.00507 e. The van der Waals surface area contributed by atoms with Crippen LogP contribution >= 0.6 is 0 Å². The van der Waals surface area contributed by atoms with Crippen molar-refractivity contribution in [1.29, 1.82) is 0 Å². The van der Waals surface area contributed by atoms with Crippen LogP contribution < -0.4 is 5.32 Å². The van der Waals surface area contributed by atoms with Crippen molar-refractivity contribution in [3.05, 3.63) is 0 Å². The number of hydrogen-bond donors (Lipinski definition) is 1. The van der Waals surface area contributed by atoms with Gasteiger partial charge in [0.15, 0.2) is 0 Å². The number of rotatable bonds is 6. The summed E-state index contributed by atoms with van der Waals surface area (Å²) in [5, 5.41) is 3.41. The summed E-state index contributed by atoms with van der Waals surface area (Å²) in [6.07, 6.45) is 1.24. The summed E-state index contributed by atoms with van der Waals surface area (Å²) in [4.78, 5) is 2.38. The van der Waals surface area contributed by atoms with Crippen LogP contribution in [0, 0.1) is 0 Å². The van der Waals surface area contributed by atoms with Gasteiger partial charge in [-0.1, -0.05) is 6.92 Å². The minimum atomic E-state index is 0.649. The molecular weight excluding hydrogens is 148 g/mol. The Morgan fingerprint density at radius 1 is 1.25 bits per heavy atom. The van der Waals surface area contributed by atoms with Crippen molar-refractivity contribution in [2.24, 2.45) is 0 Å². The minimum Gasteiger partial charge on any atom is -0.314 e. The molecular formula is C10H24N2. The van der Waals surface area contributed by atoms with Gasteiger partial charge >= 0.3 is 0 Å². The van der Waals surface area contributed by atoms with E-state index in [1.165, 1.54) is 13.0 Å². The fraction of sp³-hybridized carbons (Fsp3) is 1.00. The lowest BCUT2D eigenvalue weighted by Crippen LogP contribution is -2.33. The lowest BCUT2D eigenvalue weighted by atomic mass is 10.2. The molecule has 0 fully saturated rings. The largest absolute Gasteiger partial charge is 0.314 e. The molecule has 0 saturated heterocycles. The van der Waals surface area contributed by atoms with E-state index in [0.29, 0.717) is 12.1 Å². The molecule has 0 aromatic heterocycles. The molecule has 0 amide bonds. The molecule has 0 aliphatic heterocycles. The van der Waals surface area contributed by atoms with E-state index in [0.717, 1.165) is 6.54 Å². The highest BCUT2D eigenvalue weighted by molar-refractivity contribution is 4.64. The highest BCUT2D eigenvalue weighted by atomic mass is 15.1. The van der Waals surface area contributed by atoms with Crippen molar-refractivity contribution in [1.82, 2.24) is 10.2 Å². The van der Waals surface area contributed by atoms with Crippen LogP contribution in [0.2, 0.25) is 0 Å². The molecule has 74 valence electrons. The van der Waals surface area contributed by atoms with E-state index in [2.05, 4.69) is 45.0 Å². The highest BCUT2D eigenvalue weighted by Gasteiger charge is 2.05. The molecule has 2 nitrogen and oxygen atoms in total. The summed E-state index contributed by atoms with van der Waals surface area (Å²) in [7, 11) is 2.18. The van der Waals surface area contributed by atoms with E-state index < -0.39 is 0 Å². The van der Waals surface area contributed by atoms with Crippen LogP contribution in [-0.4, -0.2) is 37.1 Å². The molecule has 0 heterocycles. The Balaban J connectivity index is 3.40. The van der Waals surface area contributed by atoms with Gasteiger partial charge in [-0.25, -0.2) is 0 Å². The average Bonchev–Trinajstić information content (AvgIpc) is 2.00. The third-order valence-electron chi connectivity index (χ3n) is 2.35. The molecule has 1 atom stereocenters. The first-order valence-electron chi connectivity index (χ1n) is 5.01. The van der Waals surface area contributed by atoms with Crippen molar-refractivity contribution >= 4 is 0 Å². The van der Waals surface area contributed by atoms with Gasteiger partial charge < -0.3 is 10.2 Å². The van der Waals surface area contributed by atoms with E-state index in [1.807, 2.05) is 0 Å². The Labute approximate surface area is 77.3 Å². The summed E-state index contributed by atoms with van der Waals surface area (Å²) in [5.41, 5.74) is 0. The monoisotopic (exact) mass is 172 g/mol. The first-order valence-corrected chi connectivity index (χ1v) is 5.01. The molecule has 0 saturated carbocycles. The van der Waals surface area contributed by atoms with E-state index >= 15 is 0 Å². The second kappa shape index (κ2) is 6.44. The lowest BCUT2D eigenvalue weighted by molar-refractivity contribution is 0.259. The van der Waals surface area contributed by atoms with Crippen molar-refractivity contribution in [2.75, 3.05) is 20.1 Å². The maximum Gasteiger partial charge on any atom is 0.00507 e. The molecule has 0 radical (unpaired) electrons. The van der Waals surface area contributed by atoms with Gasteiger partial charge in [0.25, 0.3) is 0 Å². The zero-order valence-corrected chi connectivity index (χ0v) is 9.22. The number of nitrogens with zero attached hydrogens (tertiary/aromatic N) is 1. The van der Waals surface area contributed by atoms with Gasteiger partial charge in [-0.3, -0.25) is 0 Å². The Morgan fingerprint density at radius 3 is 2.25 bits per heavy atom. The van der Waals surface area contributed by atoms with Crippen LogP contribution in [0.4, 0.5) is 0 Å². The van der Waals surface area contributed by atoms with Gasteiger partial charge in [0.2, 0.25) is 0 Å². The van der Waals surface area contributed by atoms with Crippen molar-refractivity contribution in [3.63, 3.8) is 0 Å². The third-order valence-corrected chi connectivity index (χ3v) is 2.35. The van der Waals surface area contributed by atoms with Gasteiger partial charge in [0, 0.05) is 12.1 Å². The lowest BCUT2D eigenvalue weighted by Gasteiger charge is -2.23. The maximum atomic E-state index is 3.41. The van der Waals surface area contributed by atoms with Crippen molar-refractivity contribution in [2.45, 2.75) is 46.2 Å². The predicted octanol–water partition coefficient (Wildman–Crippen LogP) is 1.71. The second-order valence-corrected chi connectivity index (χ2v) is 3.82. The van der Waals surface area contributed by atoms with Crippen molar-refractivity contribution in [3.8, 4) is 0 Å². The average molecular weight is 172 g/mol. The highest BCUT2D eigenvalue weighted by Crippen LogP contribution is 1.97. The van der Waals surface area contributed by atoms with E-state index in [9.17, 15) is 0 Å². The summed E-state index contributed by atoms with van der Waals surface area (Å²) in [6, 6.07) is 1.31. The fourth-order valence-corrected chi connectivity index (χ4v) is 1.11. The van der Waals surface area contributed by atoms with E-state index in [-0.39, 0.29) is 0 Å². The maximum absolute atomic E-state index is 3.41. The van der Waals surface area contributed by atoms with Crippen LogP contribution in [0.25, 0.3) is 0 Å². The molecule has 0 aromatic carbocycles. The Bertz CT molecular complexity index is 102. The summed E-state index contributed by atoms with van der Waals surface area (Å²) < 4.78 is 0. The van der Waals surface area contributed by atoms with Gasteiger partial charge in [0.1, 0.15) is 0 Å². The Hall–Kier alpha value is -0.0800. The zero-order chi connectivity index (χ0) is 9.56. The molecule has 1 N–H and O–H groups in total. The Kier molecular flexibility index (Phi) is 6.39. The topological polar surface area (TPSA) is 15.3 Å². The third kappa shape index (κ3) is 5.56. The van der Waals surface area contributed by atoms with Gasteiger partial charge in [-0.2, -0.15) is 0 Å². The van der Waals surface area contributed by atoms with E-state index in [4.69, 9.17) is 0 Å². The van der Waals surface area contributed by atoms with Crippen LogP contribution in [0.1, 0.15) is 34.1 Å². The molecule has 0 aromatic rings. The number of nitrogens with one attached hydrogen (secondary N) is 1. The fourth-order valence-electron chi connectivity index (χ4n) is 1.11. The molecule has 2 heteroatoms. The molecule has 0 aliphatic carbocycles.